The molecule has 1 fully saturated rings. The van der Waals surface area contributed by atoms with Gasteiger partial charge in [-0.25, -0.2) is 0 Å². The van der Waals surface area contributed by atoms with Crippen LogP contribution in [0.15, 0.2) is 18.2 Å². The van der Waals surface area contributed by atoms with Crippen LogP contribution in [0, 0.1) is 13.8 Å². The van der Waals surface area contributed by atoms with Gasteiger partial charge in [0.05, 0.1) is 13.2 Å². The molecule has 0 amide bonds. The molecular weight excluding hydrogens is 164 g/mol. The molecule has 2 rings (SSSR count). The van der Waals surface area contributed by atoms with Crippen LogP contribution in [0.3, 0.4) is 0 Å². The first-order valence-electron chi connectivity index (χ1n) is 4.58. The van der Waals surface area contributed by atoms with Crippen molar-refractivity contribution in [2.24, 2.45) is 0 Å². The maximum atomic E-state index is 5.45. The zero-order valence-electron chi connectivity index (χ0n) is 8.04. The van der Waals surface area contributed by atoms with Crippen molar-refractivity contribution < 1.29 is 9.47 Å². The van der Waals surface area contributed by atoms with Crippen LogP contribution in [-0.2, 0) is 9.47 Å². The molecule has 1 saturated heterocycles. The third kappa shape index (κ3) is 1.74. The van der Waals surface area contributed by atoms with E-state index < -0.39 is 0 Å². The van der Waals surface area contributed by atoms with Crippen LogP contribution in [0.2, 0.25) is 0 Å². The van der Waals surface area contributed by atoms with Gasteiger partial charge < -0.3 is 9.47 Å². The predicted octanol–water partition coefficient (Wildman–Crippen LogP) is 2.35. The Morgan fingerprint density at radius 2 is 1.85 bits per heavy atom. The molecular formula is C11H14O2. The first-order valence-corrected chi connectivity index (χ1v) is 4.58. The van der Waals surface area contributed by atoms with Crippen molar-refractivity contribution in [3.05, 3.63) is 34.9 Å². The molecule has 0 aliphatic carbocycles. The zero-order valence-corrected chi connectivity index (χ0v) is 8.04. The number of rotatable bonds is 1. The second-order valence-corrected chi connectivity index (χ2v) is 3.43. The van der Waals surface area contributed by atoms with Gasteiger partial charge >= 0.3 is 0 Å². The Labute approximate surface area is 78.5 Å². The molecule has 0 bridgehead atoms. The van der Waals surface area contributed by atoms with E-state index in [-0.39, 0.29) is 6.29 Å². The third-order valence-electron chi connectivity index (χ3n) is 2.31. The van der Waals surface area contributed by atoms with Crippen molar-refractivity contribution in [3.8, 4) is 0 Å². The third-order valence-corrected chi connectivity index (χ3v) is 2.31. The van der Waals surface area contributed by atoms with E-state index in [2.05, 4.69) is 32.0 Å². The molecule has 0 spiro atoms. The minimum Gasteiger partial charge on any atom is -0.346 e. The summed E-state index contributed by atoms with van der Waals surface area (Å²) in [4.78, 5) is 0. The van der Waals surface area contributed by atoms with E-state index >= 15 is 0 Å². The van der Waals surface area contributed by atoms with Gasteiger partial charge in [0.15, 0.2) is 6.29 Å². The van der Waals surface area contributed by atoms with Gasteiger partial charge in [0.1, 0.15) is 0 Å². The lowest BCUT2D eigenvalue weighted by molar-refractivity contribution is -0.0445. The fourth-order valence-electron chi connectivity index (χ4n) is 1.55. The lowest BCUT2D eigenvalue weighted by Crippen LogP contribution is -2.00. The van der Waals surface area contributed by atoms with Gasteiger partial charge in [-0.2, -0.15) is 0 Å². The Hall–Kier alpha value is -0.860. The Kier molecular flexibility index (Phi) is 2.34. The van der Waals surface area contributed by atoms with Crippen molar-refractivity contribution >= 4 is 0 Å². The number of hydrogen-bond acceptors (Lipinski definition) is 2. The summed E-state index contributed by atoms with van der Waals surface area (Å²) in [6.07, 6.45) is -0.139. The highest BCUT2D eigenvalue weighted by Crippen LogP contribution is 2.26. The molecule has 0 N–H and O–H groups in total. The Morgan fingerprint density at radius 1 is 1.15 bits per heavy atom. The number of benzene rings is 1. The molecule has 1 aliphatic heterocycles. The van der Waals surface area contributed by atoms with Gasteiger partial charge in [-0.3, -0.25) is 0 Å². The summed E-state index contributed by atoms with van der Waals surface area (Å²) in [6.45, 7) is 5.58. The van der Waals surface area contributed by atoms with Gasteiger partial charge in [0, 0.05) is 5.56 Å². The largest absolute Gasteiger partial charge is 0.346 e. The van der Waals surface area contributed by atoms with Crippen LogP contribution in [0.1, 0.15) is 23.0 Å². The van der Waals surface area contributed by atoms with Crippen molar-refractivity contribution in [3.63, 3.8) is 0 Å². The van der Waals surface area contributed by atoms with Crippen molar-refractivity contribution in [2.75, 3.05) is 13.2 Å². The maximum Gasteiger partial charge on any atom is 0.184 e. The molecule has 2 heteroatoms. The van der Waals surface area contributed by atoms with Crippen molar-refractivity contribution in [1.82, 2.24) is 0 Å². The van der Waals surface area contributed by atoms with E-state index in [4.69, 9.17) is 9.47 Å². The van der Waals surface area contributed by atoms with Crippen LogP contribution in [0.5, 0.6) is 0 Å². The SMILES string of the molecule is Cc1ccc(C)c(C2OCCO2)c1. The maximum absolute atomic E-state index is 5.45. The molecule has 0 atom stereocenters. The van der Waals surface area contributed by atoms with Gasteiger partial charge in [0.25, 0.3) is 0 Å². The molecule has 70 valence electrons. The minimum atomic E-state index is -0.139. The predicted molar refractivity (Wildman–Crippen MR) is 50.6 cm³/mol. The first kappa shape index (κ1) is 8.73. The Bertz CT molecular complexity index is 301. The Balaban J connectivity index is 2.32. The van der Waals surface area contributed by atoms with E-state index in [1.807, 2.05) is 0 Å². The molecule has 2 nitrogen and oxygen atoms in total. The molecule has 1 heterocycles. The van der Waals surface area contributed by atoms with Gasteiger partial charge in [-0.15, -0.1) is 0 Å². The minimum absolute atomic E-state index is 0.139. The van der Waals surface area contributed by atoms with Gasteiger partial charge in [-0.1, -0.05) is 23.8 Å². The zero-order chi connectivity index (χ0) is 9.26. The lowest BCUT2D eigenvalue weighted by Gasteiger charge is -2.12. The van der Waals surface area contributed by atoms with E-state index in [1.54, 1.807) is 0 Å². The summed E-state index contributed by atoms with van der Waals surface area (Å²) < 4.78 is 10.9. The van der Waals surface area contributed by atoms with Gasteiger partial charge in [-0.05, 0) is 19.4 Å². The lowest BCUT2D eigenvalue weighted by atomic mass is 10.1. The van der Waals surface area contributed by atoms with Gasteiger partial charge in [0.2, 0.25) is 0 Å². The summed E-state index contributed by atoms with van der Waals surface area (Å²) in [7, 11) is 0. The number of hydrogen-bond donors (Lipinski definition) is 0. The monoisotopic (exact) mass is 178 g/mol. The molecule has 0 unspecified atom stereocenters. The normalized spacial score (nSPS) is 18.0. The highest BCUT2D eigenvalue weighted by atomic mass is 16.7. The van der Waals surface area contributed by atoms with Crippen molar-refractivity contribution in [1.29, 1.82) is 0 Å². The molecule has 1 aromatic carbocycles. The average molecular weight is 178 g/mol. The topological polar surface area (TPSA) is 18.5 Å². The molecule has 13 heavy (non-hydrogen) atoms. The average Bonchev–Trinajstić information content (AvgIpc) is 2.61. The van der Waals surface area contributed by atoms with Crippen molar-refractivity contribution in [2.45, 2.75) is 20.1 Å². The van der Waals surface area contributed by atoms with Crippen LogP contribution in [0.4, 0.5) is 0 Å². The van der Waals surface area contributed by atoms with E-state index in [9.17, 15) is 0 Å². The molecule has 0 radical (unpaired) electrons. The van der Waals surface area contributed by atoms with E-state index in [0.717, 1.165) is 5.56 Å². The molecule has 1 aliphatic rings. The summed E-state index contributed by atoms with van der Waals surface area (Å²) in [5.41, 5.74) is 3.65. The molecule has 0 aromatic heterocycles. The highest BCUT2D eigenvalue weighted by molar-refractivity contribution is 5.31. The second-order valence-electron chi connectivity index (χ2n) is 3.43. The fraction of sp³-hybridized carbons (Fsp3) is 0.455. The van der Waals surface area contributed by atoms with Crippen LogP contribution in [0.25, 0.3) is 0 Å². The van der Waals surface area contributed by atoms with Crippen LogP contribution in [-0.4, -0.2) is 13.2 Å². The van der Waals surface area contributed by atoms with Crippen LogP contribution < -0.4 is 0 Å². The summed E-state index contributed by atoms with van der Waals surface area (Å²) in [5, 5.41) is 0. The fourth-order valence-corrected chi connectivity index (χ4v) is 1.55. The van der Waals surface area contributed by atoms with E-state index in [1.165, 1.54) is 11.1 Å². The first-order chi connectivity index (χ1) is 6.27. The van der Waals surface area contributed by atoms with Crippen LogP contribution >= 0.6 is 0 Å². The van der Waals surface area contributed by atoms with E-state index in [0.29, 0.717) is 13.2 Å². The summed E-state index contributed by atoms with van der Waals surface area (Å²) in [6, 6.07) is 6.34. The second kappa shape index (κ2) is 3.48. The molecule has 0 saturated carbocycles. The standard InChI is InChI=1S/C11H14O2/c1-8-3-4-9(2)10(7-8)11-12-5-6-13-11/h3-4,7,11H,5-6H2,1-2H3. The molecule has 1 aromatic rings. The summed E-state index contributed by atoms with van der Waals surface area (Å²) >= 11 is 0. The number of aryl methyl sites for hydroxylation is 2. The quantitative estimate of drug-likeness (QED) is 0.657. The summed E-state index contributed by atoms with van der Waals surface area (Å²) in [5.74, 6) is 0. The Morgan fingerprint density at radius 3 is 2.54 bits per heavy atom. The number of ether oxygens (including phenoxy) is 2. The highest BCUT2D eigenvalue weighted by Gasteiger charge is 2.19. The smallest absolute Gasteiger partial charge is 0.184 e.